The van der Waals surface area contributed by atoms with Gasteiger partial charge in [0.15, 0.2) is 5.82 Å². The van der Waals surface area contributed by atoms with Crippen LogP contribution in [-0.4, -0.2) is 14.7 Å². The molecule has 17 heavy (non-hydrogen) atoms. The summed E-state index contributed by atoms with van der Waals surface area (Å²) < 4.78 is 7.05. The normalized spacial score (nSPS) is 14.8. The number of hydrogen-bond acceptors (Lipinski definition) is 4. The van der Waals surface area contributed by atoms with Gasteiger partial charge in [0.2, 0.25) is 0 Å². The van der Waals surface area contributed by atoms with Crippen LogP contribution in [0.2, 0.25) is 0 Å². The summed E-state index contributed by atoms with van der Waals surface area (Å²) in [5.41, 5.74) is 1.39. The molecule has 2 aromatic heterocycles. The number of rotatable bonds is 3. The minimum absolute atomic E-state index is 0.490. The molecule has 0 aliphatic heterocycles. The van der Waals surface area contributed by atoms with Crippen LogP contribution < -0.4 is 0 Å². The molecule has 0 spiro atoms. The Kier molecular flexibility index (Phi) is 2.22. The molecule has 1 aliphatic rings. The summed E-state index contributed by atoms with van der Waals surface area (Å²) in [5.74, 6) is 2.00. The highest BCUT2D eigenvalue weighted by molar-refractivity contribution is 5.52. The van der Waals surface area contributed by atoms with Crippen molar-refractivity contribution in [1.82, 2.24) is 14.7 Å². The molecule has 3 rings (SSSR count). The highest BCUT2D eigenvalue weighted by atomic mass is 16.5. The Morgan fingerprint density at radius 2 is 2.41 bits per heavy atom. The highest BCUT2D eigenvalue weighted by Gasteiger charge is 2.24. The first-order chi connectivity index (χ1) is 8.26. The van der Waals surface area contributed by atoms with Crippen LogP contribution in [0.1, 0.15) is 24.2 Å². The summed E-state index contributed by atoms with van der Waals surface area (Å²) in [5, 5.41) is 12.8. The quantitative estimate of drug-likeness (QED) is 0.804. The van der Waals surface area contributed by atoms with Crippen molar-refractivity contribution in [3.05, 3.63) is 23.7 Å². The monoisotopic (exact) mass is 228 g/mol. The first-order valence-corrected chi connectivity index (χ1v) is 5.65. The first kappa shape index (κ1) is 10.1. The van der Waals surface area contributed by atoms with E-state index in [0.717, 1.165) is 23.9 Å². The van der Waals surface area contributed by atoms with E-state index in [0.29, 0.717) is 11.5 Å². The molecule has 5 nitrogen and oxygen atoms in total. The molecule has 5 heteroatoms. The SMILES string of the molecule is Cn1cc(C#N)cc1-c1nc(CC2CC2)no1. The lowest BCUT2D eigenvalue weighted by Gasteiger charge is -1.94. The maximum absolute atomic E-state index is 8.82. The Labute approximate surface area is 98.7 Å². The summed E-state index contributed by atoms with van der Waals surface area (Å²) >= 11 is 0. The molecule has 1 fully saturated rings. The van der Waals surface area contributed by atoms with Crippen molar-refractivity contribution >= 4 is 0 Å². The van der Waals surface area contributed by atoms with Gasteiger partial charge in [-0.05, 0) is 24.8 Å². The molecule has 0 amide bonds. The summed E-state index contributed by atoms with van der Waals surface area (Å²) in [6.45, 7) is 0. The molecule has 2 heterocycles. The van der Waals surface area contributed by atoms with E-state index < -0.39 is 0 Å². The zero-order valence-corrected chi connectivity index (χ0v) is 9.55. The predicted molar refractivity (Wildman–Crippen MR) is 59.8 cm³/mol. The van der Waals surface area contributed by atoms with Crippen LogP contribution in [0, 0.1) is 17.2 Å². The third-order valence-corrected chi connectivity index (χ3v) is 2.99. The van der Waals surface area contributed by atoms with Crippen molar-refractivity contribution in [2.75, 3.05) is 0 Å². The van der Waals surface area contributed by atoms with Gasteiger partial charge in [-0.1, -0.05) is 5.16 Å². The lowest BCUT2D eigenvalue weighted by molar-refractivity contribution is 0.418. The van der Waals surface area contributed by atoms with Crippen LogP contribution in [0.15, 0.2) is 16.8 Å². The topological polar surface area (TPSA) is 67.6 Å². The number of aryl methyl sites for hydroxylation is 1. The van der Waals surface area contributed by atoms with Crippen LogP contribution in [0.5, 0.6) is 0 Å². The van der Waals surface area contributed by atoms with E-state index in [2.05, 4.69) is 16.2 Å². The fraction of sp³-hybridized carbons (Fsp3) is 0.417. The Morgan fingerprint density at radius 1 is 1.59 bits per heavy atom. The van der Waals surface area contributed by atoms with Gasteiger partial charge in [0.1, 0.15) is 11.8 Å². The number of hydrogen-bond donors (Lipinski definition) is 0. The predicted octanol–water partition coefficient (Wildman–Crippen LogP) is 1.90. The average molecular weight is 228 g/mol. The lowest BCUT2D eigenvalue weighted by atomic mass is 10.3. The molecule has 0 saturated heterocycles. The molecule has 2 aromatic rings. The maximum atomic E-state index is 8.82. The zero-order valence-electron chi connectivity index (χ0n) is 9.55. The van der Waals surface area contributed by atoms with E-state index in [9.17, 15) is 0 Å². The van der Waals surface area contributed by atoms with Gasteiger partial charge in [0.25, 0.3) is 5.89 Å². The van der Waals surface area contributed by atoms with E-state index in [1.807, 2.05) is 11.6 Å². The van der Waals surface area contributed by atoms with E-state index in [-0.39, 0.29) is 0 Å². The summed E-state index contributed by atoms with van der Waals surface area (Å²) in [7, 11) is 1.86. The third kappa shape index (κ3) is 1.94. The molecule has 0 N–H and O–H groups in total. The minimum atomic E-state index is 0.490. The Hall–Kier alpha value is -2.09. The lowest BCUT2D eigenvalue weighted by Crippen LogP contribution is -1.91. The molecule has 86 valence electrons. The number of aromatic nitrogens is 3. The van der Waals surface area contributed by atoms with Crippen LogP contribution in [-0.2, 0) is 13.5 Å². The largest absolute Gasteiger partial charge is 0.345 e. The van der Waals surface area contributed by atoms with Crippen molar-refractivity contribution in [2.24, 2.45) is 13.0 Å². The van der Waals surface area contributed by atoms with E-state index in [1.165, 1.54) is 12.8 Å². The summed E-state index contributed by atoms with van der Waals surface area (Å²) in [4.78, 5) is 4.36. The molecule has 0 radical (unpaired) electrons. The van der Waals surface area contributed by atoms with Gasteiger partial charge in [-0.2, -0.15) is 10.2 Å². The van der Waals surface area contributed by atoms with Crippen molar-refractivity contribution in [3.8, 4) is 17.7 Å². The smallest absolute Gasteiger partial charge is 0.274 e. The van der Waals surface area contributed by atoms with E-state index >= 15 is 0 Å². The Bertz CT molecular complexity index is 586. The molecule has 0 atom stereocenters. The average Bonchev–Trinajstić information content (AvgIpc) is 2.87. The minimum Gasteiger partial charge on any atom is -0.345 e. The molecule has 1 saturated carbocycles. The molecule has 0 aromatic carbocycles. The molecule has 0 unspecified atom stereocenters. The van der Waals surface area contributed by atoms with Gasteiger partial charge in [-0.3, -0.25) is 0 Å². The van der Waals surface area contributed by atoms with Gasteiger partial charge in [0.05, 0.1) is 5.56 Å². The number of nitrogens with zero attached hydrogens (tertiary/aromatic N) is 4. The standard InChI is InChI=1S/C12H12N4O/c1-16-7-9(6-13)4-10(16)12-14-11(15-17-12)5-8-2-3-8/h4,7-8H,2-3,5H2,1H3. The Morgan fingerprint density at radius 3 is 3.06 bits per heavy atom. The van der Waals surface area contributed by atoms with Crippen molar-refractivity contribution in [3.63, 3.8) is 0 Å². The van der Waals surface area contributed by atoms with Gasteiger partial charge < -0.3 is 9.09 Å². The van der Waals surface area contributed by atoms with Crippen molar-refractivity contribution in [2.45, 2.75) is 19.3 Å². The van der Waals surface area contributed by atoms with Crippen molar-refractivity contribution < 1.29 is 4.52 Å². The zero-order chi connectivity index (χ0) is 11.8. The summed E-state index contributed by atoms with van der Waals surface area (Å²) in [6.07, 6.45) is 5.19. The van der Waals surface area contributed by atoms with E-state index in [4.69, 9.17) is 9.78 Å². The van der Waals surface area contributed by atoms with Gasteiger partial charge in [0, 0.05) is 19.7 Å². The molecular weight excluding hydrogens is 216 g/mol. The van der Waals surface area contributed by atoms with E-state index in [1.54, 1.807) is 12.3 Å². The highest BCUT2D eigenvalue weighted by Crippen LogP contribution is 2.32. The van der Waals surface area contributed by atoms with Crippen molar-refractivity contribution in [1.29, 1.82) is 5.26 Å². The Balaban J connectivity index is 1.89. The molecular formula is C12H12N4O. The van der Waals surface area contributed by atoms with Gasteiger partial charge >= 0.3 is 0 Å². The second-order valence-corrected chi connectivity index (χ2v) is 4.50. The molecule has 0 bridgehead atoms. The second kappa shape index (κ2) is 3.74. The second-order valence-electron chi connectivity index (χ2n) is 4.50. The van der Waals surface area contributed by atoms with Crippen LogP contribution >= 0.6 is 0 Å². The van der Waals surface area contributed by atoms with Crippen LogP contribution in [0.3, 0.4) is 0 Å². The maximum Gasteiger partial charge on any atom is 0.274 e. The number of nitriles is 1. The fourth-order valence-corrected chi connectivity index (χ4v) is 1.86. The van der Waals surface area contributed by atoms with Crippen LogP contribution in [0.4, 0.5) is 0 Å². The van der Waals surface area contributed by atoms with Gasteiger partial charge in [-0.25, -0.2) is 0 Å². The summed E-state index contributed by atoms with van der Waals surface area (Å²) in [6, 6.07) is 3.85. The van der Waals surface area contributed by atoms with Crippen LogP contribution in [0.25, 0.3) is 11.6 Å². The molecule has 1 aliphatic carbocycles. The van der Waals surface area contributed by atoms with Gasteiger partial charge in [-0.15, -0.1) is 0 Å². The fourth-order valence-electron chi connectivity index (χ4n) is 1.86. The first-order valence-electron chi connectivity index (χ1n) is 5.65. The third-order valence-electron chi connectivity index (χ3n) is 2.99.